The number of fused-ring (bicyclic) bond motifs is 1. The summed E-state index contributed by atoms with van der Waals surface area (Å²) < 4.78 is 28.1. The van der Waals surface area contributed by atoms with Crippen molar-refractivity contribution < 1.29 is 18.3 Å². The lowest BCUT2D eigenvalue weighted by atomic mass is 9.98. The molecule has 5 aromatic rings. The summed E-state index contributed by atoms with van der Waals surface area (Å²) in [6, 6.07) is 29.9. The van der Waals surface area contributed by atoms with E-state index in [4.69, 9.17) is 9.15 Å². The van der Waals surface area contributed by atoms with Gasteiger partial charge in [0.05, 0.1) is 17.9 Å². The zero-order valence-corrected chi connectivity index (χ0v) is 22.6. The Labute approximate surface area is 231 Å². The number of furan rings is 1. The topological polar surface area (TPSA) is 54.7 Å². The summed E-state index contributed by atoms with van der Waals surface area (Å²) in [7, 11) is 1.59. The van der Waals surface area contributed by atoms with Crippen LogP contribution in [0.3, 0.4) is 0 Å². The van der Waals surface area contributed by atoms with Gasteiger partial charge in [0, 0.05) is 42.4 Å². The van der Waals surface area contributed by atoms with Crippen LogP contribution in [0.5, 0.6) is 5.75 Å². The van der Waals surface area contributed by atoms with E-state index in [9.17, 15) is 9.18 Å². The standard InChI is InChI=1S/C32H29FN2O3S/c1-34-32(36)30-27-20-26(22-10-5-3-6-11-22)28(21-29(27)38-31(30)23-14-16-24(33)17-15-23)35(39-2)18-9-19-37-25-12-7-4-8-13-25/h3-8,10-17,20-21H,9,18-19H2,1-2H3,(H,34,36). The highest BCUT2D eigenvalue weighted by Crippen LogP contribution is 2.42. The first-order chi connectivity index (χ1) is 19.1. The molecule has 0 aliphatic carbocycles. The van der Waals surface area contributed by atoms with E-state index in [1.165, 1.54) is 12.1 Å². The number of carbonyl (C=O) groups is 1. The van der Waals surface area contributed by atoms with E-state index >= 15 is 0 Å². The van der Waals surface area contributed by atoms with Gasteiger partial charge in [0.15, 0.2) is 0 Å². The normalized spacial score (nSPS) is 10.9. The molecule has 0 saturated carbocycles. The van der Waals surface area contributed by atoms with Crippen LogP contribution in [0.4, 0.5) is 10.1 Å². The van der Waals surface area contributed by atoms with E-state index < -0.39 is 0 Å². The first kappa shape index (κ1) is 26.4. The second-order valence-electron chi connectivity index (χ2n) is 8.92. The van der Waals surface area contributed by atoms with E-state index in [-0.39, 0.29) is 11.7 Å². The molecule has 1 amide bonds. The van der Waals surface area contributed by atoms with Crippen molar-refractivity contribution in [3.63, 3.8) is 0 Å². The van der Waals surface area contributed by atoms with E-state index in [1.54, 1.807) is 31.1 Å². The number of anilines is 1. The molecule has 39 heavy (non-hydrogen) atoms. The third kappa shape index (κ3) is 5.78. The fourth-order valence-electron chi connectivity index (χ4n) is 4.57. The average Bonchev–Trinajstić information content (AvgIpc) is 3.36. The van der Waals surface area contributed by atoms with Crippen LogP contribution >= 0.6 is 11.9 Å². The lowest BCUT2D eigenvalue weighted by Gasteiger charge is -2.25. The maximum Gasteiger partial charge on any atom is 0.255 e. The number of amides is 1. The monoisotopic (exact) mass is 540 g/mol. The number of ether oxygens (including phenoxy) is 1. The fraction of sp³-hybridized carbons (Fsp3) is 0.156. The first-order valence-corrected chi connectivity index (χ1v) is 13.9. The van der Waals surface area contributed by atoms with Gasteiger partial charge in [-0.25, -0.2) is 4.39 Å². The predicted octanol–water partition coefficient (Wildman–Crippen LogP) is 7.82. The minimum absolute atomic E-state index is 0.264. The number of carbonyl (C=O) groups excluding carboxylic acids is 1. The lowest BCUT2D eigenvalue weighted by Crippen LogP contribution is -2.19. The van der Waals surface area contributed by atoms with Crippen LogP contribution in [0.2, 0.25) is 0 Å². The van der Waals surface area contributed by atoms with Gasteiger partial charge in [0.2, 0.25) is 0 Å². The molecule has 1 aromatic heterocycles. The number of nitrogens with one attached hydrogen (secondary N) is 1. The van der Waals surface area contributed by atoms with Gasteiger partial charge in [-0.05, 0) is 54.4 Å². The Morgan fingerprint density at radius 1 is 0.949 bits per heavy atom. The lowest BCUT2D eigenvalue weighted by molar-refractivity contribution is 0.0964. The minimum Gasteiger partial charge on any atom is -0.494 e. The average molecular weight is 541 g/mol. The summed E-state index contributed by atoms with van der Waals surface area (Å²) in [6.07, 6.45) is 2.85. The molecule has 5 rings (SSSR count). The highest BCUT2D eigenvalue weighted by Gasteiger charge is 2.24. The molecule has 0 aliphatic rings. The molecule has 0 bridgehead atoms. The molecule has 0 spiro atoms. The molecule has 0 fully saturated rings. The summed E-state index contributed by atoms with van der Waals surface area (Å²) in [6.45, 7) is 1.33. The first-order valence-electron chi connectivity index (χ1n) is 12.7. The second-order valence-corrected chi connectivity index (χ2v) is 9.73. The van der Waals surface area contributed by atoms with Crippen molar-refractivity contribution in [1.29, 1.82) is 0 Å². The Kier molecular flexibility index (Phi) is 8.18. The summed E-state index contributed by atoms with van der Waals surface area (Å²) in [5.74, 6) is 0.647. The molecule has 0 aliphatic heterocycles. The van der Waals surface area contributed by atoms with Crippen LogP contribution in [0.1, 0.15) is 16.8 Å². The van der Waals surface area contributed by atoms with Crippen molar-refractivity contribution in [3.05, 3.63) is 108 Å². The maximum atomic E-state index is 13.7. The molecule has 0 unspecified atom stereocenters. The predicted molar refractivity (Wildman–Crippen MR) is 158 cm³/mol. The number of para-hydroxylation sites is 1. The molecule has 0 radical (unpaired) electrons. The summed E-state index contributed by atoms with van der Waals surface area (Å²) in [5.41, 5.74) is 4.63. The van der Waals surface area contributed by atoms with Crippen LogP contribution < -0.4 is 14.4 Å². The van der Waals surface area contributed by atoms with E-state index in [0.29, 0.717) is 34.5 Å². The number of benzene rings is 4. The Bertz CT molecular complexity index is 1550. The zero-order chi connectivity index (χ0) is 27.2. The zero-order valence-electron chi connectivity index (χ0n) is 21.8. The number of halogens is 1. The van der Waals surface area contributed by atoms with E-state index in [0.717, 1.165) is 35.5 Å². The smallest absolute Gasteiger partial charge is 0.255 e. The molecule has 5 nitrogen and oxygen atoms in total. The van der Waals surface area contributed by atoms with Crippen molar-refractivity contribution in [2.24, 2.45) is 0 Å². The second kappa shape index (κ2) is 12.1. The number of nitrogens with zero attached hydrogens (tertiary/aromatic N) is 1. The third-order valence-corrected chi connectivity index (χ3v) is 7.28. The Morgan fingerprint density at radius 3 is 2.31 bits per heavy atom. The van der Waals surface area contributed by atoms with Crippen molar-refractivity contribution in [3.8, 4) is 28.2 Å². The van der Waals surface area contributed by atoms with Crippen molar-refractivity contribution in [1.82, 2.24) is 5.32 Å². The van der Waals surface area contributed by atoms with Crippen LogP contribution in [-0.4, -0.2) is 32.4 Å². The van der Waals surface area contributed by atoms with Gasteiger partial charge in [-0.15, -0.1) is 0 Å². The fourth-order valence-corrected chi connectivity index (χ4v) is 5.23. The quantitative estimate of drug-likeness (QED) is 0.145. The summed E-state index contributed by atoms with van der Waals surface area (Å²) in [5, 5.41) is 3.43. The molecular formula is C32H29FN2O3S. The summed E-state index contributed by atoms with van der Waals surface area (Å²) >= 11 is 1.62. The molecule has 0 saturated heterocycles. The maximum absolute atomic E-state index is 13.7. The Balaban J connectivity index is 1.57. The molecule has 1 heterocycles. The highest BCUT2D eigenvalue weighted by atomic mass is 32.2. The molecular weight excluding hydrogens is 511 g/mol. The van der Waals surface area contributed by atoms with Gasteiger partial charge in [0.1, 0.15) is 22.9 Å². The van der Waals surface area contributed by atoms with Gasteiger partial charge < -0.3 is 18.8 Å². The van der Waals surface area contributed by atoms with Crippen LogP contribution in [0.25, 0.3) is 33.4 Å². The van der Waals surface area contributed by atoms with Crippen molar-refractivity contribution >= 4 is 34.5 Å². The van der Waals surface area contributed by atoms with Crippen LogP contribution in [0.15, 0.2) is 101 Å². The molecule has 7 heteroatoms. The largest absolute Gasteiger partial charge is 0.494 e. The van der Waals surface area contributed by atoms with Gasteiger partial charge in [-0.3, -0.25) is 4.79 Å². The minimum atomic E-state index is -0.350. The number of hydrogen-bond donors (Lipinski definition) is 1. The molecule has 1 N–H and O–H groups in total. The Hall–Kier alpha value is -4.23. The molecule has 198 valence electrons. The van der Waals surface area contributed by atoms with Crippen molar-refractivity contribution in [2.45, 2.75) is 6.42 Å². The van der Waals surface area contributed by atoms with E-state index in [2.05, 4.69) is 21.8 Å². The molecule has 4 aromatic carbocycles. The third-order valence-electron chi connectivity index (χ3n) is 6.46. The van der Waals surface area contributed by atoms with Gasteiger partial charge in [-0.2, -0.15) is 0 Å². The van der Waals surface area contributed by atoms with Crippen LogP contribution in [0, 0.1) is 5.82 Å². The van der Waals surface area contributed by atoms with E-state index in [1.807, 2.05) is 66.9 Å². The van der Waals surface area contributed by atoms with Crippen LogP contribution in [-0.2, 0) is 0 Å². The number of rotatable bonds is 10. The summed E-state index contributed by atoms with van der Waals surface area (Å²) in [4.78, 5) is 13.1. The molecule has 0 atom stereocenters. The van der Waals surface area contributed by atoms with Gasteiger partial charge in [-0.1, -0.05) is 60.5 Å². The van der Waals surface area contributed by atoms with Crippen molar-refractivity contribution in [2.75, 3.05) is 30.8 Å². The SMILES string of the molecule is CNC(=O)c1c(-c2ccc(F)cc2)oc2cc(N(CCCOc3ccccc3)SC)c(-c3ccccc3)cc12. The number of hydrogen-bond acceptors (Lipinski definition) is 5. The van der Waals surface area contributed by atoms with Gasteiger partial charge >= 0.3 is 0 Å². The Morgan fingerprint density at radius 2 is 1.64 bits per heavy atom. The van der Waals surface area contributed by atoms with Gasteiger partial charge in [0.25, 0.3) is 5.91 Å². The highest BCUT2D eigenvalue weighted by molar-refractivity contribution is 8.00.